The summed E-state index contributed by atoms with van der Waals surface area (Å²) in [5.41, 5.74) is 0. The van der Waals surface area contributed by atoms with Gasteiger partial charge in [-0.15, -0.1) is 0 Å². The van der Waals surface area contributed by atoms with Crippen LogP contribution in [0.5, 0.6) is 0 Å². The second-order valence-corrected chi connectivity index (χ2v) is 6.85. The summed E-state index contributed by atoms with van der Waals surface area (Å²) in [4.78, 5) is 23.8. The molecule has 0 radical (unpaired) electrons. The summed E-state index contributed by atoms with van der Waals surface area (Å²) in [7, 11) is -2.21. The third kappa shape index (κ3) is 5.15. The molecule has 1 rings (SSSR count). The molecule has 0 unspecified atom stereocenters. The summed E-state index contributed by atoms with van der Waals surface area (Å²) in [5.74, 6) is -1.46. The van der Waals surface area contributed by atoms with Crippen LogP contribution in [-0.2, 0) is 19.6 Å². The first kappa shape index (κ1) is 15.9. The lowest BCUT2D eigenvalue weighted by atomic mass is 10.3. The van der Waals surface area contributed by atoms with Crippen LogP contribution in [0, 0.1) is 0 Å². The second kappa shape index (κ2) is 6.85. The third-order valence-corrected chi connectivity index (χ3v) is 4.97. The Hall–Kier alpha value is -1.15. The van der Waals surface area contributed by atoms with Gasteiger partial charge < -0.3 is 10.0 Å². The van der Waals surface area contributed by atoms with E-state index >= 15 is 0 Å². The van der Waals surface area contributed by atoms with Gasteiger partial charge in [0.05, 0.1) is 12.3 Å². The number of nitrogens with zero attached hydrogens (tertiary/aromatic N) is 2. The number of amides is 1. The average Bonchev–Trinajstić information content (AvgIpc) is 2.81. The minimum absolute atomic E-state index is 0.0555. The molecule has 0 bridgehead atoms. The topological polar surface area (TPSA) is 95.0 Å². The smallest absolute Gasteiger partial charge is 0.303 e. The number of carbonyl (C=O) groups excluding carboxylic acids is 1. The van der Waals surface area contributed by atoms with Crippen LogP contribution in [-0.4, -0.2) is 67.0 Å². The molecule has 19 heavy (non-hydrogen) atoms. The van der Waals surface area contributed by atoms with Crippen LogP contribution in [0.25, 0.3) is 0 Å². The van der Waals surface area contributed by atoms with Crippen molar-refractivity contribution in [3.8, 4) is 0 Å². The van der Waals surface area contributed by atoms with Gasteiger partial charge in [0.1, 0.15) is 0 Å². The van der Waals surface area contributed by atoms with E-state index in [-0.39, 0.29) is 31.0 Å². The summed E-state index contributed by atoms with van der Waals surface area (Å²) in [6, 6.07) is 0. The molecule has 0 aromatic carbocycles. The van der Waals surface area contributed by atoms with Crippen LogP contribution in [0.1, 0.15) is 25.7 Å². The highest BCUT2D eigenvalue weighted by Crippen LogP contribution is 2.09. The Labute approximate surface area is 113 Å². The van der Waals surface area contributed by atoms with E-state index in [1.54, 1.807) is 4.90 Å². The Morgan fingerprint density at radius 2 is 1.84 bits per heavy atom. The summed E-state index contributed by atoms with van der Waals surface area (Å²) >= 11 is 0. The van der Waals surface area contributed by atoms with Crippen LogP contribution < -0.4 is 0 Å². The maximum Gasteiger partial charge on any atom is 0.303 e. The van der Waals surface area contributed by atoms with Crippen LogP contribution in [0.3, 0.4) is 0 Å². The summed E-state index contributed by atoms with van der Waals surface area (Å²) in [6.07, 6.45) is 1.79. The molecule has 8 heteroatoms. The fraction of sp³-hybridized carbons (Fsp3) is 0.818. The number of rotatable bonds is 7. The molecule has 0 aromatic heterocycles. The molecule has 1 N–H and O–H groups in total. The van der Waals surface area contributed by atoms with E-state index in [9.17, 15) is 18.0 Å². The molecule has 7 nitrogen and oxygen atoms in total. The molecule has 0 spiro atoms. The van der Waals surface area contributed by atoms with Crippen molar-refractivity contribution in [3.05, 3.63) is 0 Å². The van der Waals surface area contributed by atoms with Gasteiger partial charge in [0, 0.05) is 26.6 Å². The number of likely N-dealkylation sites (tertiary alicyclic amines) is 1. The molecule has 0 saturated carbocycles. The highest BCUT2D eigenvalue weighted by Gasteiger charge is 2.24. The standard InChI is InChI=1S/C11H20N2O5S/c1-12(9-10(14)13-6-2-3-7-13)19(17,18)8-4-5-11(15)16/h2-9H2,1H3,(H,15,16). The highest BCUT2D eigenvalue weighted by molar-refractivity contribution is 7.89. The van der Waals surface area contributed by atoms with E-state index in [0.717, 1.165) is 17.1 Å². The van der Waals surface area contributed by atoms with E-state index in [2.05, 4.69) is 0 Å². The van der Waals surface area contributed by atoms with Gasteiger partial charge in [-0.3, -0.25) is 9.59 Å². The van der Waals surface area contributed by atoms with Crippen molar-refractivity contribution in [3.63, 3.8) is 0 Å². The zero-order valence-corrected chi connectivity index (χ0v) is 11.9. The summed E-state index contributed by atoms with van der Waals surface area (Å²) in [6.45, 7) is 1.20. The molecule has 1 aliphatic rings. The van der Waals surface area contributed by atoms with Crippen molar-refractivity contribution >= 4 is 21.9 Å². The molecule has 1 saturated heterocycles. The fourth-order valence-electron chi connectivity index (χ4n) is 1.92. The Kier molecular flexibility index (Phi) is 5.74. The first-order valence-electron chi connectivity index (χ1n) is 6.26. The van der Waals surface area contributed by atoms with E-state index in [0.29, 0.717) is 13.1 Å². The Morgan fingerprint density at radius 1 is 1.26 bits per heavy atom. The van der Waals surface area contributed by atoms with Crippen LogP contribution in [0.4, 0.5) is 0 Å². The normalized spacial score (nSPS) is 16.0. The van der Waals surface area contributed by atoms with Crippen molar-refractivity contribution in [2.75, 3.05) is 32.4 Å². The van der Waals surface area contributed by atoms with Gasteiger partial charge in [0.25, 0.3) is 0 Å². The van der Waals surface area contributed by atoms with E-state index in [4.69, 9.17) is 5.11 Å². The molecular weight excluding hydrogens is 272 g/mol. The largest absolute Gasteiger partial charge is 0.481 e. The van der Waals surface area contributed by atoms with Gasteiger partial charge in [-0.05, 0) is 19.3 Å². The zero-order valence-electron chi connectivity index (χ0n) is 11.0. The fourth-order valence-corrected chi connectivity index (χ4v) is 3.04. The highest BCUT2D eigenvalue weighted by atomic mass is 32.2. The lowest BCUT2D eigenvalue weighted by Crippen LogP contribution is -2.40. The second-order valence-electron chi connectivity index (χ2n) is 4.66. The van der Waals surface area contributed by atoms with Crippen molar-refractivity contribution in [1.29, 1.82) is 0 Å². The minimum Gasteiger partial charge on any atom is -0.481 e. The maximum atomic E-state index is 11.8. The van der Waals surface area contributed by atoms with E-state index < -0.39 is 16.0 Å². The van der Waals surface area contributed by atoms with Crippen LogP contribution in [0.2, 0.25) is 0 Å². The number of sulfonamides is 1. The van der Waals surface area contributed by atoms with Gasteiger partial charge >= 0.3 is 5.97 Å². The molecular formula is C11H20N2O5S. The molecule has 1 heterocycles. The van der Waals surface area contributed by atoms with E-state index in [1.165, 1.54) is 7.05 Å². The Morgan fingerprint density at radius 3 is 2.37 bits per heavy atom. The molecule has 0 atom stereocenters. The first-order valence-corrected chi connectivity index (χ1v) is 7.87. The quantitative estimate of drug-likeness (QED) is 0.697. The molecule has 0 aliphatic carbocycles. The van der Waals surface area contributed by atoms with Gasteiger partial charge in [0.2, 0.25) is 15.9 Å². The number of hydrogen-bond donors (Lipinski definition) is 1. The van der Waals surface area contributed by atoms with Crippen molar-refractivity contribution < 1.29 is 23.1 Å². The SMILES string of the molecule is CN(CC(=O)N1CCCC1)S(=O)(=O)CCCC(=O)O. The van der Waals surface area contributed by atoms with Gasteiger partial charge in [-0.2, -0.15) is 4.31 Å². The van der Waals surface area contributed by atoms with Crippen molar-refractivity contribution in [1.82, 2.24) is 9.21 Å². The number of carboxylic acid groups (broad SMARTS) is 1. The summed E-state index contributed by atoms with van der Waals surface area (Å²) in [5, 5.41) is 8.47. The van der Waals surface area contributed by atoms with E-state index in [1.807, 2.05) is 0 Å². The van der Waals surface area contributed by atoms with Crippen molar-refractivity contribution in [2.45, 2.75) is 25.7 Å². The minimum atomic E-state index is -3.56. The average molecular weight is 292 g/mol. The number of aliphatic carboxylic acids is 1. The van der Waals surface area contributed by atoms with Crippen LogP contribution >= 0.6 is 0 Å². The molecule has 1 fully saturated rings. The van der Waals surface area contributed by atoms with Gasteiger partial charge in [-0.25, -0.2) is 8.42 Å². The molecule has 1 amide bonds. The molecule has 0 aromatic rings. The number of hydrogen-bond acceptors (Lipinski definition) is 4. The monoisotopic (exact) mass is 292 g/mol. The summed E-state index contributed by atoms with van der Waals surface area (Å²) < 4.78 is 24.7. The van der Waals surface area contributed by atoms with Crippen LogP contribution in [0.15, 0.2) is 0 Å². The third-order valence-electron chi connectivity index (χ3n) is 3.08. The van der Waals surface area contributed by atoms with Gasteiger partial charge in [-0.1, -0.05) is 0 Å². The predicted octanol–water partition coefficient (Wildman–Crippen LogP) is -0.265. The van der Waals surface area contributed by atoms with Gasteiger partial charge in [0.15, 0.2) is 0 Å². The number of carbonyl (C=O) groups is 2. The van der Waals surface area contributed by atoms with Crippen molar-refractivity contribution in [2.24, 2.45) is 0 Å². The zero-order chi connectivity index (χ0) is 14.5. The molecule has 1 aliphatic heterocycles. The number of likely N-dealkylation sites (N-methyl/N-ethyl adjacent to an activating group) is 1. The lowest BCUT2D eigenvalue weighted by molar-refractivity contribution is -0.137. The molecule has 110 valence electrons. The first-order chi connectivity index (χ1) is 8.83. The lowest BCUT2D eigenvalue weighted by Gasteiger charge is -2.21. The Balaban J connectivity index is 2.43. The number of carboxylic acids is 1. The Bertz CT molecular complexity index is 428. The predicted molar refractivity (Wildman–Crippen MR) is 69.1 cm³/mol. The maximum absolute atomic E-state index is 11.8.